The van der Waals surface area contributed by atoms with Gasteiger partial charge in [-0.05, 0) is 19.1 Å². The van der Waals surface area contributed by atoms with Crippen LogP contribution in [0.1, 0.15) is 6.92 Å². The van der Waals surface area contributed by atoms with Crippen molar-refractivity contribution in [2.75, 3.05) is 18.5 Å². The summed E-state index contributed by atoms with van der Waals surface area (Å²) in [6, 6.07) is 3.62. The Morgan fingerprint density at radius 1 is 1.69 bits per heavy atom. The van der Waals surface area contributed by atoms with Gasteiger partial charge in [0.25, 0.3) is 0 Å². The van der Waals surface area contributed by atoms with Crippen molar-refractivity contribution in [2.24, 2.45) is 0 Å². The van der Waals surface area contributed by atoms with Crippen molar-refractivity contribution in [1.82, 2.24) is 4.98 Å². The summed E-state index contributed by atoms with van der Waals surface area (Å²) in [6.45, 7) is 2.33. The zero-order valence-corrected chi connectivity index (χ0v) is 8.49. The summed E-state index contributed by atoms with van der Waals surface area (Å²) in [4.78, 5) is 5.81. The van der Waals surface area contributed by atoms with Gasteiger partial charge in [0.1, 0.15) is 5.15 Å². The second kappa shape index (κ2) is 4.44. The summed E-state index contributed by atoms with van der Waals surface area (Å²) < 4.78 is 0. The first-order chi connectivity index (χ1) is 6.09. The van der Waals surface area contributed by atoms with Gasteiger partial charge in [-0.2, -0.15) is 0 Å². The van der Waals surface area contributed by atoms with E-state index in [1.54, 1.807) is 19.2 Å². The lowest BCUT2D eigenvalue weighted by Crippen LogP contribution is -2.26. The second-order valence-corrected chi connectivity index (χ2v) is 3.45. The lowest BCUT2D eigenvalue weighted by molar-refractivity contribution is 0.201. The largest absolute Gasteiger partial charge is 0.392 e. The summed E-state index contributed by atoms with van der Waals surface area (Å²) in [5.41, 5.74) is 0.959. The second-order valence-electron chi connectivity index (χ2n) is 3.07. The SMILES string of the molecule is C[C@H](O)CN(C)c1ccnc(Cl)c1. The highest BCUT2D eigenvalue weighted by atomic mass is 35.5. The normalized spacial score (nSPS) is 12.6. The first kappa shape index (κ1) is 10.3. The van der Waals surface area contributed by atoms with Crippen LogP contribution in [-0.4, -0.2) is 29.8 Å². The molecule has 1 aromatic heterocycles. The molecule has 0 fully saturated rings. The zero-order chi connectivity index (χ0) is 9.84. The van der Waals surface area contributed by atoms with Crippen LogP contribution in [0.15, 0.2) is 18.3 Å². The van der Waals surface area contributed by atoms with Crippen molar-refractivity contribution in [2.45, 2.75) is 13.0 Å². The van der Waals surface area contributed by atoms with Gasteiger partial charge >= 0.3 is 0 Å². The van der Waals surface area contributed by atoms with E-state index in [0.717, 1.165) is 5.69 Å². The molecule has 1 heterocycles. The fourth-order valence-corrected chi connectivity index (χ4v) is 1.30. The lowest BCUT2D eigenvalue weighted by atomic mass is 10.3. The van der Waals surface area contributed by atoms with Crippen molar-refractivity contribution in [3.8, 4) is 0 Å². The van der Waals surface area contributed by atoms with Gasteiger partial charge in [0.05, 0.1) is 6.10 Å². The van der Waals surface area contributed by atoms with Gasteiger partial charge in [0, 0.05) is 25.5 Å². The van der Waals surface area contributed by atoms with Gasteiger partial charge in [0.2, 0.25) is 0 Å². The minimum Gasteiger partial charge on any atom is -0.392 e. The van der Waals surface area contributed by atoms with Crippen molar-refractivity contribution in [3.63, 3.8) is 0 Å². The van der Waals surface area contributed by atoms with Crippen LogP contribution in [0.25, 0.3) is 0 Å². The third-order valence-corrected chi connectivity index (χ3v) is 1.90. The van der Waals surface area contributed by atoms with E-state index >= 15 is 0 Å². The third-order valence-electron chi connectivity index (χ3n) is 1.69. The first-order valence-corrected chi connectivity index (χ1v) is 4.48. The Morgan fingerprint density at radius 2 is 2.38 bits per heavy atom. The predicted octanol–water partition coefficient (Wildman–Crippen LogP) is 1.55. The van der Waals surface area contributed by atoms with Gasteiger partial charge in [-0.3, -0.25) is 0 Å². The van der Waals surface area contributed by atoms with Crippen LogP contribution < -0.4 is 4.90 Å². The van der Waals surface area contributed by atoms with E-state index in [1.807, 2.05) is 18.0 Å². The van der Waals surface area contributed by atoms with Crippen LogP contribution in [0, 0.1) is 0 Å². The topological polar surface area (TPSA) is 36.4 Å². The Hall–Kier alpha value is -0.800. The number of aromatic nitrogens is 1. The molecule has 0 saturated carbocycles. The molecule has 1 atom stereocenters. The lowest BCUT2D eigenvalue weighted by Gasteiger charge is -2.20. The van der Waals surface area contributed by atoms with Crippen molar-refractivity contribution in [3.05, 3.63) is 23.5 Å². The molecule has 1 rings (SSSR count). The fraction of sp³-hybridized carbons (Fsp3) is 0.444. The Bertz CT molecular complexity index is 278. The maximum Gasteiger partial charge on any atom is 0.131 e. The average Bonchev–Trinajstić information content (AvgIpc) is 2.03. The van der Waals surface area contributed by atoms with Gasteiger partial charge in [0.15, 0.2) is 0 Å². The summed E-state index contributed by atoms with van der Waals surface area (Å²) in [5, 5.41) is 9.63. The number of anilines is 1. The van der Waals surface area contributed by atoms with E-state index in [1.165, 1.54) is 0 Å². The molecule has 0 radical (unpaired) electrons. The minimum atomic E-state index is -0.350. The summed E-state index contributed by atoms with van der Waals surface area (Å²) in [5.74, 6) is 0. The highest BCUT2D eigenvalue weighted by Crippen LogP contribution is 2.15. The number of aliphatic hydroxyl groups is 1. The van der Waals surface area contributed by atoms with Crippen LogP contribution in [0.3, 0.4) is 0 Å². The van der Waals surface area contributed by atoms with E-state index in [0.29, 0.717) is 11.7 Å². The number of nitrogens with zero attached hydrogens (tertiary/aromatic N) is 2. The van der Waals surface area contributed by atoms with E-state index < -0.39 is 0 Å². The zero-order valence-electron chi connectivity index (χ0n) is 7.74. The van der Waals surface area contributed by atoms with E-state index in [4.69, 9.17) is 16.7 Å². The Morgan fingerprint density at radius 3 is 2.92 bits per heavy atom. The van der Waals surface area contributed by atoms with E-state index in [9.17, 15) is 0 Å². The molecule has 0 saturated heterocycles. The molecule has 0 unspecified atom stereocenters. The summed E-state index contributed by atoms with van der Waals surface area (Å²) in [7, 11) is 1.90. The van der Waals surface area contributed by atoms with Crippen LogP contribution in [0.4, 0.5) is 5.69 Å². The average molecular weight is 201 g/mol. The molecule has 0 amide bonds. The summed E-state index contributed by atoms with van der Waals surface area (Å²) >= 11 is 5.73. The number of aliphatic hydroxyl groups excluding tert-OH is 1. The smallest absolute Gasteiger partial charge is 0.131 e. The van der Waals surface area contributed by atoms with Crippen molar-refractivity contribution in [1.29, 1.82) is 0 Å². The standard InChI is InChI=1S/C9H13ClN2O/c1-7(13)6-12(2)8-3-4-11-9(10)5-8/h3-5,7,13H,6H2,1-2H3/t7-/m0/s1. The highest BCUT2D eigenvalue weighted by Gasteiger charge is 2.04. The Kier molecular flexibility index (Phi) is 3.51. The number of pyridine rings is 1. The molecule has 4 heteroatoms. The molecule has 0 spiro atoms. The molecule has 1 aromatic rings. The molecule has 0 aliphatic carbocycles. The van der Waals surface area contributed by atoms with Crippen LogP contribution >= 0.6 is 11.6 Å². The first-order valence-electron chi connectivity index (χ1n) is 4.10. The molecule has 3 nitrogen and oxygen atoms in total. The Labute approximate surface area is 83.0 Å². The molecule has 13 heavy (non-hydrogen) atoms. The maximum atomic E-state index is 9.16. The van der Waals surface area contributed by atoms with Gasteiger partial charge < -0.3 is 10.0 Å². The van der Waals surface area contributed by atoms with Gasteiger partial charge in [-0.25, -0.2) is 4.98 Å². The van der Waals surface area contributed by atoms with Crippen molar-refractivity contribution >= 4 is 17.3 Å². The van der Waals surface area contributed by atoms with Gasteiger partial charge in [-0.15, -0.1) is 0 Å². The van der Waals surface area contributed by atoms with Gasteiger partial charge in [-0.1, -0.05) is 11.6 Å². The monoisotopic (exact) mass is 200 g/mol. The maximum absolute atomic E-state index is 9.16. The molecular weight excluding hydrogens is 188 g/mol. The van der Waals surface area contributed by atoms with Crippen molar-refractivity contribution < 1.29 is 5.11 Å². The van der Waals surface area contributed by atoms with E-state index in [-0.39, 0.29) is 6.10 Å². The predicted molar refractivity (Wildman–Crippen MR) is 54.2 cm³/mol. The third kappa shape index (κ3) is 3.20. The molecule has 0 aromatic carbocycles. The summed E-state index contributed by atoms with van der Waals surface area (Å²) in [6.07, 6.45) is 1.30. The van der Waals surface area contributed by atoms with E-state index in [2.05, 4.69) is 4.98 Å². The van der Waals surface area contributed by atoms with Crippen LogP contribution in [0.5, 0.6) is 0 Å². The number of halogens is 1. The number of likely N-dealkylation sites (N-methyl/N-ethyl adjacent to an activating group) is 1. The molecule has 0 bridgehead atoms. The fourth-order valence-electron chi connectivity index (χ4n) is 1.13. The quantitative estimate of drug-likeness (QED) is 0.753. The molecule has 72 valence electrons. The van der Waals surface area contributed by atoms with Crippen LogP contribution in [0.2, 0.25) is 5.15 Å². The number of rotatable bonds is 3. The number of hydrogen-bond acceptors (Lipinski definition) is 3. The number of hydrogen-bond donors (Lipinski definition) is 1. The molecule has 1 N–H and O–H groups in total. The highest BCUT2D eigenvalue weighted by molar-refractivity contribution is 6.29. The molecule has 0 aliphatic rings. The molecule has 0 aliphatic heterocycles. The van der Waals surface area contributed by atoms with Crippen LogP contribution in [-0.2, 0) is 0 Å². The minimum absolute atomic E-state index is 0.350. The Balaban J connectivity index is 2.71. The molecular formula is C9H13ClN2O.